The zero-order chi connectivity index (χ0) is 22.2. The normalized spacial score (nSPS) is 18.1. The number of furan rings is 1. The fourth-order valence-corrected chi connectivity index (χ4v) is 4.46. The Kier molecular flexibility index (Phi) is 5.41. The number of rotatable bonds is 4. The molecule has 1 saturated heterocycles. The summed E-state index contributed by atoms with van der Waals surface area (Å²) >= 11 is 12.0. The number of aryl methyl sites for hydroxylation is 1. The lowest BCUT2D eigenvalue weighted by Crippen LogP contribution is -2.29. The Morgan fingerprint density at radius 1 is 1.06 bits per heavy atom. The molecular formula is C25H19ClFN3OS. The van der Waals surface area contributed by atoms with Gasteiger partial charge in [-0.2, -0.15) is 0 Å². The van der Waals surface area contributed by atoms with Crippen LogP contribution in [0.1, 0.15) is 29.1 Å². The van der Waals surface area contributed by atoms with E-state index in [1.54, 1.807) is 18.3 Å². The number of thiocarbonyl (C=S) groups is 1. The molecule has 1 fully saturated rings. The number of anilines is 1. The highest BCUT2D eigenvalue weighted by molar-refractivity contribution is 7.80. The molecule has 2 atom stereocenters. The van der Waals surface area contributed by atoms with Crippen molar-refractivity contribution in [1.82, 2.24) is 10.3 Å². The minimum Gasteiger partial charge on any atom is -0.459 e. The molecule has 2 aromatic carbocycles. The van der Waals surface area contributed by atoms with Crippen molar-refractivity contribution in [3.63, 3.8) is 0 Å². The van der Waals surface area contributed by atoms with Gasteiger partial charge in [-0.25, -0.2) is 4.39 Å². The maximum Gasteiger partial charge on any atom is 0.174 e. The molecule has 2 aromatic heterocycles. The third-order valence-electron chi connectivity index (χ3n) is 5.58. The molecule has 160 valence electrons. The van der Waals surface area contributed by atoms with E-state index in [9.17, 15) is 4.39 Å². The average Bonchev–Trinajstić information content (AvgIpc) is 3.41. The van der Waals surface area contributed by atoms with Gasteiger partial charge in [0.15, 0.2) is 5.11 Å². The van der Waals surface area contributed by atoms with Crippen LogP contribution in [-0.4, -0.2) is 10.1 Å². The highest BCUT2D eigenvalue weighted by atomic mass is 35.5. The van der Waals surface area contributed by atoms with E-state index < -0.39 is 0 Å². The predicted molar refractivity (Wildman–Crippen MR) is 128 cm³/mol. The smallest absolute Gasteiger partial charge is 0.174 e. The number of hydrogen-bond acceptors (Lipinski definition) is 3. The van der Waals surface area contributed by atoms with Crippen LogP contribution in [-0.2, 0) is 0 Å². The van der Waals surface area contributed by atoms with Gasteiger partial charge in [0, 0.05) is 22.5 Å². The van der Waals surface area contributed by atoms with E-state index in [4.69, 9.17) is 28.2 Å². The van der Waals surface area contributed by atoms with E-state index in [1.165, 1.54) is 12.1 Å². The van der Waals surface area contributed by atoms with E-state index in [1.807, 2.05) is 60.4 Å². The lowest BCUT2D eigenvalue weighted by atomic mass is 10.0. The quantitative estimate of drug-likeness (QED) is 0.344. The van der Waals surface area contributed by atoms with E-state index >= 15 is 0 Å². The second-order valence-electron chi connectivity index (χ2n) is 7.64. The van der Waals surface area contributed by atoms with Crippen molar-refractivity contribution in [2.75, 3.05) is 4.90 Å². The minimum atomic E-state index is -0.308. The average molecular weight is 464 g/mol. The number of hydrogen-bond donors (Lipinski definition) is 1. The van der Waals surface area contributed by atoms with Crippen molar-refractivity contribution in [1.29, 1.82) is 0 Å². The summed E-state index contributed by atoms with van der Waals surface area (Å²) in [7, 11) is 0. The summed E-state index contributed by atoms with van der Waals surface area (Å²) in [6.45, 7) is 1.96. The lowest BCUT2D eigenvalue weighted by Gasteiger charge is -2.26. The second-order valence-corrected chi connectivity index (χ2v) is 8.43. The van der Waals surface area contributed by atoms with Gasteiger partial charge < -0.3 is 14.6 Å². The highest BCUT2D eigenvalue weighted by Gasteiger charge is 2.42. The molecule has 1 N–H and O–H groups in total. The van der Waals surface area contributed by atoms with Crippen molar-refractivity contribution < 1.29 is 8.81 Å². The topological polar surface area (TPSA) is 41.3 Å². The Morgan fingerprint density at radius 3 is 2.59 bits per heavy atom. The summed E-state index contributed by atoms with van der Waals surface area (Å²) in [5, 5.41) is 4.57. The molecule has 0 amide bonds. The van der Waals surface area contributed by atoms with Crippen LogP contribution in [0, 0.1) is 12.7 Å². The third kappa shape index (κ3) is 3.76. The molecule has 4 nitrogen and oxygen atoms in total. The number of pyridine rings is 1. The molecule has 5 rings (SSSR count). The molecule has 0 unspecified atom stereocenters. The summed E-state index contributed by atoms with van der Waals surface area (Å²) in [6.07, 6.45) is 1.75. The van der Waals surface area contributed by atoms with Gasteiger partial charge in [0.05, 0.1) is 11.7 Å². The van der Waals surface area contributed by atoms with Crippen LogP contribution in [0.2, 0.25) is 5.02 Å². The first-order valence-corrected chi connectivity index (χ1v) is 10.9. The maximum atomic E-state index is 13.6. The van der Waals surface area contributed by atoms with Gasteiger partial charge in [0.2, 0.25) is 0 Å². The third-order valence-corrected chi connectivity index (χ3v) is 6.30. The van der Waals surface area contributed by atoms with Gasteiger partial charge in [-0.1, -0.05) is 29.8 Å². The first-order chi connectivity index (χ1) is 15.5. The standard InChI is InChI=1S/C25H19ClFN3OS/c1-15-5-6-16(14-19(15)26)21-11-12-22(31-21)24-23(20-4-2-3-13-28-20)29-25(32)30(24)18-9-7-17(27)8-10-18/h2-14,23-24H,1H3,(H,29,32)/t23-,24-/m0/s1. The SMILES string of the molecule is Cc1ccc(-c2ccc([C@H]3[C@H](c4ccccn4)NC(=S)N3c3ccc(F)cc3)o2)cc1Cl. The molecule has 1 aliphatic heterocycles. The molecule has 3 heterocycles. The van der Waals surface area contributed by atoms with Crippen molar-refractivity contribution in [2.24, 2.45) is 0 Å². The fraction of sp³-hybridized carbons (Fsp3) is 0.120. The van der Waals surface area contributed by atoms with Gasteiger partial charge in [0.1, 0.15) is 23.4 Å². The van der Waals surface area contributed by atoms with Crippen LogP contribution in [0.25, 0.3) is 11.3 Å². The van der Waals surface area contributed by atoms with E-state index in [0.29, 0.717) is 21.7 Å². The Labute approximate surface area is 195 Å². The number of aromatic nitrogens is 1. The molecule has 0 radical (unpaired) electrons. The van der Waals surface area contributed by atoms with E-state index in [2.05, 4.69) is 10.3 Å². The molecular weight excluding hydrogens is 445 g/mol. The predicted octanol–water partition coefficient (Wildman–Crippen LogP) is 6.62. The van der Waals surface area contributed by atoms with Crippen molar-refractivity contribution in [3.8, 4) is 11.3 Å². The van der Waals surface area contributed by atoms with Crippen molar-refractivity contribution in [3.05, 3.63) is 107 Å². The van der Waals surface area contributed by atoms with Crippen LogP contribution in [0.15, 0.2) is 83.4 Å². The molecule has 0 spiro atoms. The minimum absolute atomic E-state index is 0.241. The number of nitrogens with zero attached hydrogens (tertiary/aromatic N) is 2. The van der Waals surface area contributed by atoms with E-state index in [0.717, 1.165) is 22.5 Å². The van der Waals surface area contributed by atoms with Crippen LogP contribution < -0.4 is 10.2 Å². The van der Waals surface area contributed by atoms with Gasteiger partial charge in [-0.05, 0) is 79.3 Å². The number of halogens is 2. The molecule has 0 saturated carbocycles. The first kappa shape index (κ1) is 20.7. The number of benzene rings is 2. The zero-order valence-corrected chi connectivity index (χ0v) is 18.7. The highest BCUT2D eigenvalue weighted by Crippen LogP contribution is 2.43. The summed E-state index contributed by atoms with van der Waals surface area (Å²) in [5.41, 5.74) is 3.50. The van der Waals surface area contributed by atoms with E-state index in [-0.39, 0.29) is 17.9 Å². The lowest BCUT2D eigenvalue weighted by molar-refractivity contribution is 0.439. The second kappa shape index (κ2) is 8.37. The Bertz CT molecular complexity index is 1280. The van der Waals surface area contributed by atoms with Crippen LogP contribution >= 0.6 is 23.8 Å². The molecule has 0 aliphatic carbocycles. The molecule has 32 heavy (non-hydrogen) atoms. The fourth-order valence-electron chi connectivity index (χ4n) is 3.94. The molecule has 0 bridgehead atoms. The Hall–Kier alpha value is -3.22. The summed E-state index contributed by atoms with van der Waals surface area (Å²) < 4.78 is 19.9. The molecule has 7 heteroatoms. The summed E-state index contributed by atoms with van der Waals surface area (Å²) in [6, 6.07) is 21.2. The van der Waals surface area contributed by atoms with Crippen molar-refractivity contribution >= 4 is 34.6 Å². The monoisotopic (exact) mass is 463 g/mol. The largest absolute Gasteiger partial charge is 0.459 e. The van der Waals surface area contributed by atoms with Crippen LogP contribution in [0.5, 0.6) is 0 Å². The van der Waals surface area contributed by atoms with Gasteiger partial charge >= 0.3 is 0 Å². The Morgan fingerprint density at radius 2 is 1.88 bits per heavy atom. The van der Waals surface area contributed by atoms with Gasteiger partial charge in [-0.3, -0.25) is 4.98 Å². The van der Waals surface area contributed by atoms with Crippen molar-refractivity contribution in [2.45, 2.75) is 19.0 Å². The van der Waals surface area contributed by atoms with Gasteiger partial charge in [-0.15, -0.1) is 0 Å². The maximum absolute atomic E-state index is 13.6. The molecule has 1 aliphatic rings. The first-order valence-electron chi connectivity index (χ1n) is 10.1. The number of nitrogens with one attached hydrogen (secondary N) is 1. The summed E-state index contributed by atoms with van der Waals surface area (Å²) in [4.78, 5) is 6.47. The zero-order valence-electron chi connectivity index (χ0n) is 17.1. The summed E-state index contributed by atoms with van der Waals surface area (Å²) in [5.74, 6) is 1.11. The Balaban J connectivity index is 1.59. The van der Waals surface area contributed by atoms with Gasteiger partial charge in [0.25, 0.3) is 0 Å². The van der Waals surface area contributed by atoms with Crippen LogP contribution in [0.4, 0.5) is 10.1 Å². The van der Waals surface area contributed by atoms with Crippen LogP contribution in [0.3, 0.4) is 0 Å². The molecule has 4 aromatic rings.